The Bertz CT molecular complexity index is 736. The number of ether oxygens (including phenoxy) is 1. The number of benzene rings is 1. The SMILES string of the molecule is C=CC[C@H](C)CS(=O)(=NCCSC(C)(C)C)NC(=O)O[C@@H](C)c1ccccc1. The van der Waals surface area contributed by atoms with Crippen molar-refractivity contribution >= 4 is 27.8 Å². The Hall–Kier alpha value is -1.47. The maximum Gasteiger partial charge on any atom is 0.420 e. The molecule has 158 valence electrons. The van der Waals surface area contributed by atoms with Crippen LogP contribution in [0.2, 0.25) is 0 Å². The van der Waals surface area contributed by atoms with Crippen molar-refractivity contribution in [3.63, 3.8) is 0 Å². The minimum absolute atomic E-state index is 0.0934. The summed E-state index contributed by atoms with van der Waals surface area (Å²) in [7, 11) is -2.92. The maximum atomic E-state index is 13.3. The van der Waals surface area contributed by atoms with Crippen LogP contribution in [0.5, 0.6) is 0 Å². The second kappa shape index (κ2) is 11.5. The number of hydrogen-bond donors (Lipinski definition) is 1. The van der Waals surface area contributed by atoms with E-state index in [2.05, 4.69) is 36.4 Å². The van der Waals surface area contributed by atoms with Crippen LogP contribution in [-0.2, 0) is 14.7 Å². The fourth-order valence-electron chi connectivity index (χ4n) is 2.51. The second-order valence-corrected chi connectivity index (χ2v) is 11.8. The van der Waals surface area contributed by atoms with E-state index >= 15 is 0 Å². The van der Waals surface area contributed by atoms with Gasteiger partial charge in [0.15, 0.2) is 0 Å². The average Bonchev–Trinajstić information content (AvgIpc) is 2.58. The van der Waals surface area contributed by atoms with Gasteiger partial charge in [-0.15, -0.1) is 6.58 Å². The van der Waals surface area contributed by atoms with Crippen LogP contribution in [0.4, 0.5) is 4.79 Å². The molecular formula is C21H34N2O3S2. The average molecular weight is 427 g/mol. The van der Waals surface area contributed by atoms with Crippen molar-refractivity contribution in [1.82, 2.24) is 4.72 Å². The van der Waals surface area contributed by atoms with Gasteiger partial charge in [-0.1, -0.05) is 64.1 Å². The fourth-order valence-corrected chi connectivity index (χ4v) is 5.27. The normalized spacial score (nSPS) is 15.8. The van der Waals surface area contributed by atoms with Gasteiger partial charge in [0, 0.05) is 10.5 Å². The van der Waals surface area contributed by atoms with Gasteiger partial charge in [0.25, 0.3) is 0 Å². The maximum absolute atomic E-state index is 13.3. The van der Waals surface area contributed by atoms with Crippen molar-refractivity contribution in [3.8, 4) is 0 Å². The highest BCUT2D eigenvalue weighted by molar-refractivity contribution is 8.00. The predicted molar refractivity (Wildman–Crippen MR) is 121 cm³/mol. The van der Waals surface area contributed by atoms with Gasteiger partial charge in [0.05, 0.1) is 12.3 Å². The van der Waals surface area contributed by atoms with Crippen LogP contribution < -0.4 is 4.72 Å². The molecule has 0 aliphatic rings. The molecule has 0 aromatic heterocycles. The molecule has 0 radical (unpaired) electrons. The lowest BCUT2D eigenvalue weighted by atomic mass is 10.1. The van der Waals surface area contributed by atoms with Gasteiger partial charge in [-0.05, 0) is 24.8 Å². The first-order valence-corrected chi connectivity index (χ1v) is 12.2. The molecule has 1 aromatic carbocycles. The molecule has 0 bridgehead atoms. The lowest BCUT2D eigenvalue weighted by Crippen LogP contribution is -2.35. The summed E-state index contributed by atoms with van der Waals surface area (Å²) in [6, 6.07) is 9.44. The predicted octanol–water partition coefficient (Wildman–Crippen LogP) is 5.60. The van der Waals surface area contributed by atoms with Gasteiger partial charge < -0.3 is 4.74 Å². The highest BCUT2D eigenvalue weighted by Gasteiger charge is 2.20. The number of amides is 1. The van der Waals surface area contributed by atoms with Gasteiger partial charge in [0.2, 0.25) is 0 Å². The number of carbonyl (C=O) groups excluding carboxylic acids is 1. The molecule has 0 heterocycles. The first kappa shape index (κ1) is 24.6. The molecule has 0 spiro atoms. The van der Waals surface area contributed by atoms with E-state index < -0.39 is 22.1 Å². The summed E-state index contributed by atoms with van der Waals surface area (Å²) in [5, 5.41) is 0. The topological polar surface area (TPSA) is 67.8 Å². The fraction of sp³-hybridized carbons (Fsp3) is 0.571. The molecule has 1 aromatic rings. The smallest absolute Gasteiger partial charge is 0.420 e. The molecule has 3 atom stereocenters. The number of nitrogens with zero attached hydrogens (tertiary/aromatic N) is 1. The highest BCUT2D eigenvalue weighted by atomic mass is 32.2. The summed E-state index contributed by atoms with van der Waals surface area (Å²) < 4.78 is 25.7. The van der Waals surface area contributed by atoms with Crippen LogP contribution in [0.1, 0.15) is 52.7 Å². The molecule has 0 aliphatic carbocycles. The zero-order valence-electron chi connectivity index (χ0n) is 17.6. The quantitative estimate of drug-likeness (QED) is 0.390. The number of thioether (sulfide) groups is 1. The molecule has 5 nitrogen and oxygen atoms in total. The van der Waals surface area contributed by atoms with Crippen molar-refractivity contribution in [3.05, 3.63) is 48.6 Å². The van der Waals surface area contributed by atoms with Gasteiger partial charge in [-0.25, -0.2) is 18.1 Å². The molecular weight excluding hydrogens is 392 g/mol. The summed E-state index contributed by atoms with van der Waals surface area (Å²) in [6.45, 7) is 14.3. The monoisotopic (exact) mass is 426 g/mol. The number of rotatable bonds is 10. The molecule has 7 heteroatoms. The first-order chi connectivity index (χ1) is 13.0. The van der Waals surface area contributed by atoms with Crippen molar-refractivity contribution in [1.29, 1.82) is 0 Å². The third-order valence-corrected chi connectivity index (χ3v) is 7.16. The minimum Gasteiger partial charge on any atom is -0.441 e. The standard InChI is InChI=1S/C21H34N2O3S2/c1-7-11-17(2)16-28(25,22-14-15-27-21(4,5)6)23-20(24)26-18(3)19-12-9-8-10-13-19/h7-10,12-13,17-18H,1,11,14-16H2,2-6H3,(H,22,23,24,25)/t17-,18-,28?/m0/s1. The Kier molecular flexibility index (Phi) is 10.1. The van der Waals surface area contributed by atoms with Gasteiger partial charge in [0.1, 0.15) is 16.0 Å². The van der Waals surface area contributed by atoms with Crippen LogP contribution in [-0.4, -0.2) is 33.1 Å². The largest absolute Gasteiger partial charge is 0.441 e. The first-order valence-electron chi connectivity index (χ1n) is 9.53. The van der Waals surface area contributed by atoms with Gasteiger partial charge in [-0.2, -0.15) is 11.8 Å². The lowest BCUT2D eigenvalue weighted by Gasteiger charge is -2.19. The van der Waals surface area contributed by atoms with E-state index in [9.17, 15) is 9.00 Å². The number of nitrogens with one attached hydrogen (secondary N) is 1. The van der Waals surface area contributed by atoms with E-state index in [4.69, 9.17) is 4.74 Å². The third kappa shape index (κ3) is 10.2. The highest BCUT2D eigenvalue weighted by Crippen LogP contribution is 2.23. The van der Waals surface area contributed by atoms with Crippen molar-refractivity contribution in [2.75, 3.05) is 18.1 Å². The van der Waals surface area contributed by atoms with E-state index in [0.717, 1.165) is 11.3 Å². The van der Waals surface area contributed by atoms with E-state index in [-0.39, 0.29) is 16.4 Å². The van der Waals surface area contributed by atoms with Crippen molar-refractivity contribution < 1.29 is 13.7 Å². The molecule has 0 fully saturated rings. The van der Waals surface area contributed by atoms with Crippen LogP contribution in [0, 0.1) is 5.92 Å². The van der Waals surface area contributed by atoms with Crippen LogP contribution in [0.3, 0.4) is 0 Å². The summed E-state index contributed by atoms with van der Waals surface area (Å²) >= 11 is 1.75. The molecule has 0 saturated carbocycles. The van der Waals surface area contributed by atoms with Crippen LogP contribution in [0.25, 0.3) is 0 Å². The van der Waals surface area contributed by atoms with E-state index in [1.807, 2.05) is 37.3 Å². The molecule has 1 rings (SSSR count). The molecule has 1 amide bonds. The molecule has 1 unspecified atom stereocenters. The van der Waals surface area contributed by atoms with Crippen molar-refractivity contribution in [2.24, 2.45) is 10.3 Å². The van der Waals surface area contributed by atoms with E-state index in [1.54, 1.807) is 24.8 Å². The summed E-state index contributed by atoms with van der Waals surface area (Å²) in [4.78, 5) is 12.4. The number of hydrogen-bond acceptors (Lipinski definition) is 5. The second-order valence-electron chi connectivity index (χ2n) is 7.81. The Balaban J connectivity index is 2.81. The summed E-state index contributed by atoms with van der Waals surface area (Å²) in [5.41, 5.74) is 0.877. The zero-order chi connectivity index (χ0) is 21.2. The van der Waals surface area contributed by atoms with E-state index in [1.165, 1.54) is 0 Å². The zero-order valence-corrected chi connectivity index (χ0v) is 19.3. The minimum atomic E-state index is -2.92. The molecule has 0 aliphatic heterocycles. The molecule has 28 heavy (non-hydrogen) atoms. The van der Waals surface area contributed by atoms with Gasteiger partial charge in [-0.3, -0.25) is 0 Å². The molecule has 0 saturated heterocycles. The number of allylic oxidation sites excluding steroid dienone is 1. The van der Waals surface area contributed by atoms with Gasteiger partial charge >= 0.3 is 6.09 Å². The van der Waals surface area contributed by atoms with Crippen LogP contribution in [0.15, 0.2) is 47.3 Å². The Labute approximate surface area is 175 Å². The number of carbonyl (C=O) groups is 1. The molecule has 1 N–H and O–H groups in total. The summed E-state index contributed by atoms with van der Waals surface area (Å²) in [6.07, 6.45) is 1.35. The Morgan fingerprint density at radius 3 is 2.54 bits per heavy atom. The Morgan fingerprint density at radius 2 is 1.96 bits per heavy atom. The van der Waals surface area contributed by atoms with Crippen molar-refractivity contribution in [2.45, 2.75) is 51.9 Å². The van der Waals surface area contributed by atoms with E-state index in [0.29, 0.717) is 13.0 Å². The third-order valence-electron chi connectivity index (χ3n) is 3.80. The lowest BCUT2D eigenvalue weighted by molar-refractivity contribution is 0.113. The summed E-state index contributed by atoms with van der Waals surface area (Å²) in [5.74, 6) is 1.11. The Morgan fingerprint density at radius 1 is 1.32 bits per heavy atom. The van der Waals surface area contributed by atoms with Crippen LogP contribution >= 0.6 is 11.8 Å².